The first-order chi connectivity index (χ1) is 4.84. The van der Waals surface area contributed by atoms with Crippen LogP contribution in [0.25, 0.3) is 0 Å². The van der Waals surface area contributed by atoms with E-state index in [0.717, 1.165) is 6.61 Å². The van der Waals surface area contributed by atoms with E-state index >= 15 is 0 Å². The molecule has 0 aromatic carbocycles. The third-order valence-corrected chi connectivity index (χ3v) is 2.06. The molecule has 1 unspecified atom stereocenters. The van der Waals surface area contributed by atoms with Crippen LogP contribution in [0.1, 0.15) is 26.7 Å². The van der Waals surface area contributed by atoms with Crippen LogP contribution >= 0.6 is 0 Å². The van der Waals surface area contributed by atoms with Crippen molar-refractivity contribution in [3.8, 4) is 0 Å². The summed E-state index contributed by atoms with van der Waals surface area (Å²) in [5, 5.41) is 0. The quantitative estimate of drug-likeness (QED) is 0.593. The zero-order valence-electron chi connectivity index (χ0n) is 6.97. The summed E-state index contributed by atoms with van der Waals surface area (Å²) in [6.07, 6.45) is 3.03. The molecule has 1 aliphatic heterocycles. The van der Waals surface area contributed by atoms with E-state index in [0.29, 0.717) is 6.23 Å². The summed E-state index contributed by atoms with van der Waals surface area (Å²) in [6, 6.07) is 0. The molecule has 0 saturated carbocycles. The lowest BCUT2D eigenvalue weighted by Crippen LogP contribution is -2.32. The number of nitrogens with zero attached hydrogens (tertiary/aromatic N) is 1. The SMILES string of the molecule is CCOC(C)N1CCCC1. The maximum atomic E-state index is 5.45. The molecule has 0 N–H and O–H groups in total. The van der Waals surface area contributed by atoms with Gasteiger partial charge in [0, 0.05) is 19.7 Å². The summed E-state index contributed by atoms with van der Waals surface area (Å²) < 4.78 is 5.45. The van der Waals surface area contributed by atoms with Crippen LogP contribution in [-0.4, -0.2) is 30.8 Å². The Labute approximate surface area is 63.2 Å². The van der Waals surface area contributed by atoms with Gasteiger partial charge < -0.3 is 4.74 Å². The van der Waals surface area contributed by atoms with Gasteiger partial charge in [-0.05, 0) is 26.7 Å². The van der Waals surface area contributed by atoms with Crippen molar-refractivity contribution in [1.29, 1.82) is 0 Å². The first kappa shape index (κ1) is 8.02. The van der Waals surface area contributed by atoms with Crippen LogP contribution in [0.4, 0.5) is 0 Å². The fraction of sp³-hybridized carbons (Fsp3) is 1.00. The van der Waals surface area contributed by atoms with Crippen molar-refractivity contribution in [1.82, 2.24) is 4.90 Å². The van der Waals surface area contributed by atoms with Gasteiger partial charge in [0.25, 0.3) is 0 Å². The van der Waals surface area contributed by atoms with Crippen molar-refractivity contribution in [2.45, 2.75) is 32.9 Å². The topological polar surface area (TPSA) is 12.5 Å². The van der Waals surface area contributed by atoms with Gasteiger partial charge in [-0.1, -0.05) is 0 Å². The molecule has 0 aliphatic carbocycles. The van der Waals surface area contributed by atoms with E-state index in [1.54, 1.807) is 0 Å². The average Bonchev–Trinajstić information content (AvgIpc) is 2.38. The minimum atomic E-state index is 0.340. The van der Waals surface area contributed by atoms with E-state index in [9.17, 15) is 0 Å². The maximum Gasteiger partial charge on any atom is 0.107 e. The summed E-state index contributed by atoms with van der Waals surface area (Å²) in [5.41, 5.74) is 0. The van der Waals surface area contributed by atoms with Gasteiger partial charge in [-0.25, -0.2) is 0 Å². The fourth-order valence-electron chi connectivity index (χ4n) is 1.45. The summed E-state index contributed by atoms with van der Waals surface area (Å²) in [5.74, 6) is 0. The van der Waals surface area contributed by atoms with Crippen molar-refractivity contribution in [3.05, 3.63) is 0 Å². The van der Waals surface area contributed by atoms with Gasteiger partial charge in [-0.3, -0.25) is 4.90 Å². The van der Waals surface area contributed by atoms with Gasteiger partial charge in [0.15, 0.2) is 0 Å². The van der Waals surface area contributed by atoms with Gasteiger partial charge >= 0.3 is 0 Å². The summed E-state index contributed by atoms with van der Waals surface area (Å²) >= 11 is 0. The molecule has 0 spiro atoms. The van der Waals surface area contributed by atoms with E-state index < -0.39 is 0 Å². The lowest BCUT2D eigenvalue weighted by molar-refractivity contribution is -0.0301. The lowest BCUT2D eigenvalue weighted by Gasteiger charge is -2.22. The van der Waals surface area contributed by atoms with E-state index in [1.165, 1.54) is 25.9 Å². The zero-order valence-corrected chi connectivity index (χ0v) is 6.97. The van der Waals surface area contributed by atoms with Crippen LogP contribution in [0.2, 0.25) is 0 Å². The summed E-state index contributed by atoms with van der Waals surface area (Å²) in [4.78, 5) is 2.39. The van der Waals surface area contributed by atoms with E-state index in [1.807, 2.05) is 6.92 Å². The molecular formula is C8H17NO. The van der Waals surface area contributed by atoms with Crippen molar-refractivity contribution in [2.75, 3.05) is 19.7 Å². The molecule has 60 valence electrons. The molecule has 0 aromatic rings. The van der Waals surface area contributed by atoms with Crippen LogP contribution in [-0.2, 0) is 4.74 Å². The van der Waals surface area contributed by atoms with Crippen LogP contribution in [0.3, 0.4) is 0 Å². The Hall–Kier alpha value is -0.0800. The van der Waals surface area contributed by atoms with E-state index in [2.05, 4.69) is 11.8 Å². The number of rotatable bonds is 3. The molecule has 1 fully saturated rings. The van der Waals surface area contributed by atoms with Gasteiger partial charge in [0.1, 0.15) is 6.23 Å². The molecule has 1 heterocycles. The van der Waals surface area contributed by atoms with Crippen molar-refractivity contribution < 1.29 is 4.74 Å². The van der Waals surface area contributed by atoms with Crippen molar-refractivity contribution in [2.24, 2.45) is 0 Å². The van der Waals surface area contributed by atoms with Crippen LogP contribution < -0.4 is 0 Å². The lowest BCUT2D eigenvalue weighted by atomic mass is 10.4. The maximum absolute atomic E-state index is 5.45. The Morgan fingerprint density at radius 3 is 2.50 bits per heavy atom. The smallest absolute Gasteiger partial charge is 0.107 e. The first-order valence-corrected chi connectivity index (χ1v) is 4.20. The second-order valence-electron chi connectivity index (χ2n) is 2.80. The minimum absolute atomic E-state index is 0.340. The van der Waals surface area contributed by atoms with E-state index in [-0.39, 0.29) is 0 Å². The van der Waals surface area contributed by atoms with Crippen LogP contribution in [0.15, 0.2) is 0 Å². The highest BCUT2D eigenvalue weighted by atomic mass is 16.5. The Bertz CT molecular complexity index is 89.3. The molecule has 1 rings (SSSR count). The summed E-state index contributed by atoms with van der Waals surface area (Å²) in [6.45, 7) is 7.46. The molecule has 2 nitrogen and oxygen atoms in total. The average molecular weight is 143 g/mol. The van der Waals surface area contributed by atoms with E-state index in [4.69, 9.17) is 4.74 Å². The Balaban J connectivity index is 2.18. The molecule has 0 amide bonds. The molecule has 10 heavy (non-hydrogen) atoms. The molecule has 1 atom stereocenters. The Morgan fingerprint density at radius 2 is 2.00 bits per heavy atom. The predicted molar refractivity (Wildman–Crippen MR) is 41.9 cm³/mol. The van der Waals surface area contributed by atoms with Gasteiger partial charge in [-0.2, -0.15) is 0 Å². The molecule has 1 aliphatic rings. The normalized spacial score (nSPS) is 23.4. The molecule has 0 aromatic heterocycles. The Kier molecular flexibility index (Phi) is 3.16. The second kappa shape index (κ2) is 3.94. The number of likely N-dealkylation sites (tertiary alicyclic amines) is 1. The second-order valence-corrected chi connectivity index (χ2v) is 2.80. The van der Waals surface area contributed by atoms with Crippen LogP contribution in [0.5, 0.6) is 0 Å². The molecule has 2 heteroatoms. The summed E-state index contributed by atoms with van der Waals surface area (Å²) in [7, 11) is 0. The highest BCUT2D eigenvalue weighted by molar-refractivity contribution is 4.66. The number of hydrogen-bond acceptors (Lipinski definition) is 2. The number of hydrogen-bond donors (Lipinski definition) is 0. The fourth-order valence-corrected chi connectivity index (χ4v) is 1.45. The Morgan fingerprint density at radius 1 is 1.40 bits per heavy atom. The predicted octanol–water partition coefficient (Wildman–Crippen LogP) is 1.46. The molecular weight excluding hydrogens is 126 g/mol. The standard InChI is InChI=1S/C8H17NO/c1-3-10-8(2)9-6-4-5-7-9/h8H,3-7H2,1-2H3. The number of ether oxygens (including phenoxy) is 1. The third kappa shape index (κ3) is 1.96. The highest BCUT2D eigenvalue weighted by Gasteiger charge is 2.17. The van der Waals surface area contributed by atoms with Crippen molar-refractivity contribution >= 4 is 0 Å². The van der Waals surface area contributed by atoms with Gasteiger partial charge in [-0.15, -0.1) is 0 Å². The highest BCUT2D eigenvalue weighted by Crippen LogP contribution is 2.11. The van der Waals surface area contributed by atoms with Crippen molar-refractivity contribution in [3.63, 3.8) is 0 Å². The third-order valence-electron chi connectivity index (χ3n) is 2.06. The zero-order chi connectivity index (χ0) is 7.40. The largest absolute Gasteiger partial charge is 0.364 e. The monoisotopic (exact) mass is 143 g/mol. The molecule has 0 bridgehead atoms. The van der Waals surface area contributed by atoms with Crippen LogP contribution in [0, 0.1) is 0 Å². The molecule has 1 saturated heterocycles. The van der Waals surface area contributed by atoms with Gasteiger partial charge in [0.05, 0.1) is 0 Å². The minimum Gasteiger partial charge on any atom is -0.364 e. The van der Waals surface area contributed by atoms with Gasteiger partial charge in [0.2, 0.25) is 0 Å². The molecule has 0 radical (unpaired) electrons. The first-order valence-electron chi connectivity index (χ1n) is 4.20.